The van der Waals surface area contributed by atoms with Crippen molar-refractivity contribution >= 4 is 58.5 Å². The van der Waals surface area contributed by atoms with Gasteiger partial charge >= 0.3 is 6.18 Å². The van der Waals surface area contributed by atoms with E-state index in [2.05, 4.69) is 21.2 Å². The van der Waals surface area contributed by atoms with Crippen LogP contribution in [0, 0.1) is 0 Å². The summed E-state index contributed by atoms with van der Waals surface area (Å²) in [5.74, 6) is -0.922. The van der Waals surface area contributed by atoms with Gasteiger partial charge in [-0.05, 0) is 72.6 Å². The lowest BCUT2D eigenvalue weighted by Gasteiger charge is -2.10. The molecule has 3 rings (SSSR count). The van der Waals surface area contributed by atoms with Crippen LogP contribution in [0.1, 0.15) is 30.4 Å². The number of nitrogens with zero attached hydrogens (tertiary/aromatic N) is 1. The normalized spacial score (nSPS) is 11.2. The molecule has 0 spiro atoms. The van der Waals surface area contributed by atoms with Crippen LogP contribution in [0.2, 0.25) is 10.0 Å². The number of hydrazone groups is 1. The van der Waals surface area contributed by atoms with Crippen molar-refractivity contribution in [1.82, 2.24) is 5.43 Å². The molecule has 0 radical (unpaired) electrons. The van der Waals surface area contributed by atoms with Crippen LogP contribution in [0.5, 0.6) is 5.75 Å². The first kappa shape index (κ1) is 30.5. The molecule has 0 heterocycles. The fourth-order valence-corrected chi connectivity index (χ4v) is 3.51. The van der Waals surface area contributed by atoms with Crippen molar-refractivity contribution in [1.29, 1.82) is 0 Å². The summed E-state index contributed by atoms with van der Waals surface area (Å²) >= 11 is 11.8. The largest absolute Gasteiger partial charge is 0.484 e. The van der Waals surface area contributed by atoms with Gasteiger partial charge in [-0.25, -0.2) is 5.43 Å². The molecule has 3 N–H and O–H groups in total. The van der Waals surface area contributed by atoms with E-state index in [-0.39, 0.29) is 30.3 Å². The zero-order valence-corrected chi connectivity index (χ0v) is 22.2. The molecule has 3 aromatic rings. The molecule has 3 aromatic carbocycles. The van der Waals surface area contributed by atoms with Gasteiger partial charge in [-0.3, -0.25) is 14.4 Å². The molecule has 8 nitrogen and oxygen atoms in total. The second kappa shape index (κ2) is 14.3. The smallest absolute Gasteiger partial charge is 0.416 e. The third-order valence-corrected chi connectivity index (χ3v) is 5.88. The molecular formula is C27H23Cl2F3N4O4. The number of benzene rings is 3. The quantitative estimate of drug-likeness (QED) is 0.179. The lowest BCUT2D eigenvalue weighted by molar-refractivity contribution is -0.137. The fraction of sp³-hybridized carbons (Fsp3) is 0.185. The summed E-state index contributed by atoms with van der Waals surface area (Å²) in [4.78, 5) is 36.0. The van der Waals surface area contributed by atoms with Crippen molar-refractivity contribution < 1.29 is 32.3 Å². The van der Waals surface area contributed by atoms with Crippen molar-refractivity contribution in [3.8, 4) is 5.75 Å². The fourth-order valence-electron chi connectivity index (χ4n) is 3.21. The summed E-state index contributed by atoms with van der Waals surface area (Å²) in [7, 11) is 0. The van der Waals surface area contributed by atoms with Crippen LogP contribution < -0.4 is 20.8 Å². The monoisotopic (exact) mass is 594 g/mol. The number of anilines is 2. The summed E-state index contributed by atoms with van der Waals surface area (Å²) in [6, 6.07) is 15.4. The van der Waals surface area contributed by atoms with E-state index < -0.39 is 24.3 Å². The first-order valence-electron chi connectivity index (χ1n) is 11.8. The highest BCUT2D eigenvalue weighted by atomic mass is 35.5. The Hall–Kier alpha value is -4.09. The molecule has 0 unspecified atom stereocenters. The standard InChI is InChI=1S/C27H23Cl2F3N4O4/c28-22-12-9-20(14-23(22)29)34-24(37)5-2-6-25(38)36-33-15-17-7-10-21(11-8-17)40-16-26(39)35-19-4-1-3-18(13-19)27(30,31)32/h1,3-4,7-15H,2,5-6,16H2,(H,34,37)(H,35,39)(H,36,38)/b33-15-. The van der Waals surface area contributed by atoms with E-state index in [1.807, 2.05) is 0 Å². The molecule has 0 fully saturated rings. The second-order valence-corrected chi connectivity index (χ2v) is 9.12. The number of rotatable bonds is 11. The summed E-state index contributed by atoms with van der Waals surface area (Å²) in [6.07, 6.45) is -2.60. The maximum atomic E-state index is 12.8. The lowest BCUT2D eigenvalue weighted by Crippen LogP contribution is -2.20. The van der Waals surface area contributed by atoms with Crippen molar-refractivity contribution in [3.63, 3.8) is 0 Å². The van der Waals surface area contributed by atoms with Crippen molar-refractivity contribution in [2.24, 2.45) is 5.10 Å². The minimum atomic E-state index is -4.52. The van der Waals surface area contributed by atoms with E-state index in [0.717, 1.165) is 12.1 Å². The second-order valence-electron chi connectivity index (χ2n) is 8.31. The van der Waals surface area contributed by atoms with Crippen LogP contribution in [-0.4, -0.2) is 30.5 Å². The van der Waals surface area contributed by atoms with Gasteiger partial charge < -0.3 is 15.4 Å². The highest BCUT2D eigenvalue weighted by molar-refractivity contribution is 6.42. The van der Waals surface area contributed by atoms with Crippen LogP contribution in [-0.2, 0) is 20.6 Å². The van der Waals surface area contributed by atoms with Gasteiger partial charge in [0.2, 0.25) is 11.8 Å². The van der Waals surface area contributed by atoms with Gasteiger partial charge in [-0.2, -0.15) is 18.3 Å². The molecule has 0 aliphatic rings. The Balaban J connectivity index is 1.35. The van der Waals surface area contributed by atoms with Gasteiger partial charge in [0.1, 0.15) is 5.75 Å². The molecule has 13 heteroatoms. The Morgan fingerprint density at radius 1 is 0.825 bits per heavy atom. The van der Waals surface area contributed by atoms with Crippen LogP contribution in [0.15, 0.2) is 71.8 Å². The highest BCUT2D eigenvalue weighted by Gasteiger charge is 2.30. The zero-order chi connectivity index (χ0) is 29.1. The maximum Gasteiger partial charge on any atom is 0.416 e. The Kier molecular flexibility index (Phi) is 10.9. The summed E-state index contributed by atoms with van der Waals surface area (Å²) in [5, 5.41) is 9.58. The van der Waals surface area contributed by atoms with E-state index in [0.29, 0.717) is 33.5 Å². The molecule has 0 saturated carbocycles. The Morgan fingerprint density at radius 3 is 2.20 bits per heavy atom. The molecular weight excluding hydrogens is 572 g/mol. The number of amides is 3. The number of alkyl halides is 3. The molecule has 0 saturated heterocycles. The van der Waals surface area contributed by atoms with Gasteiger partial charge in [-0.1, -0.05) is 29.3 Å². The number of hydrogen-bond donors (Lipinski definition) is 3. The third kappa shape index (κ3) is 10.2. The van der Waals surface area contributed by atoms with Crippen molar-refractivity contribution in [3.05, 3.63) is 87.9 Å². The predicted molar refractivity (Wildman–Crippen MR) is 147 cm³/mol. The van der Waals surface area contributed by atoms with Crippen LogP contribution in [0.3, 0.4) is 0 Å². The first-order chi connectivity index (χ1) is 19.0. The molecule has 40 heavy (non-hydrogen) atoms. The number of carbonyl (C=O) groups excluding carboxylic acids is 3. The van der Waals surface area contributed by atoms with Crippen LogP contribution in [0.25, 0.3) is 0 Å². The Morgan fingerprint density at radius 2 is 1.50 bits per heavy atom. The minimum absolute atomic E-state index is 0.00333. The summed E-state index contributed by atoms with van der Waals surface area (Å²) in [5.41, 5.74) is 2.63. The van der Waals surface area contributed by atoms with Crippen molar-refractivity contribution in [2.45, 2.75) is 25.4 Å². The van der Waals surface area contributed by atoms with E-state index >= 15 is 0 Å². The number of hydrogen-bond acceptors (Lipinski definition) is 5. The number of halogens is 5. The molecule has 0 aromatic heterocycles. The molecule has 210 valence electrons. The van der Waals surface area contributed by atoms with Crippen LogP contribution >= 0.6 is 23.2 Å². The summed E-state index contributed by atoms with van der Waals surface area (Å²) in [6.45, 7) is -0.412. The van der Waals surface area contributed by atoms with Crippen molar-refractivity contribution in [2.75, 3.05) is 17.2 Å². The van der Waals surface area contributed by atoms with Crippen LogP contribution in [0.4, 0.5) is 24.5 Å². The average Bonchev–Trinajstić information content (AvgIpc) is 2.90. The van der Waals surface area contributed by atoms with Gasteiger partial charge in [0.15, 0.2) is 6.61 Å². The first-order valence-corrected chi connectivity index (χ1v) is 12.5. The predicted octanol–water partition coefficient (Wildman–Crippen LogP) is 6.29. The summed E-state index contributed by atoms with van der Waals surface area (Å²) < 4.78 is 43.7. The molecule has 3 amide bonds. The SMILES string of the molecule is O=C(CCCC(=O)Nc1ccc(Cl)c(Cl)c1)N/N=C\c1ccc(OCC(=O)Nc2cccc(C(F)(F)F)c2)cc1. The molecule has 0 aliphatic heterocycles. The topological polar surface area (TPSA) is 109 Å². The van der Waals surface area contributed by atoms with Gasteiger partial charge in [-0.15, -0.1) is 0 Å². The molecule has 0 atom stereocenters. The Labute approximate surface area is 237 Å². The van der Waals surface area contributed by atoms with E-state index in [4.69, 9.17) is 27.9 Å². The lowest BCUT2D eigenvalue weighted by atomic mass is 10.2. The third-order valence-electron chi connectivity index (χ3n) is 5.14. The minimum Gasteiger partial charge on any atom is -0.484 e. The number of ether oxygens (including phenoxy) is 1. The van der Waals surface area contributed by atoms with Gasteiger partial charge in [0, 0.05) is 24.2 Å². The molecule has 0 bridgehead atoms. The zero-order valence-electron chi connectivity index (χ0n) is 20.7. The van der Waals surface area contributed by atoms with Gasteiger partial charge in [0.25, 0.3) is 5.91 Å². The number of carbonyl (C=O) groups is 3. The van der Waals surface area contributed by atoms with E-state index in [9.17, 15) is 27.6 Å². The van der Waals surface area contributed by atoms with E-state index in [1.54, 1.807) is 36.4 Å². The highest BCUT2D eigenvalue weighted by Crippen LogP contribution is 2.30. The molecule has 0 aliphatic carbocycles. The van der Waals surface area contributed by atoms with Gasteiger partial charge in [0.05, 0.1) is 21.8 Å². The Bertz CT molecular complexity index is 1380. The maximum absolute atomic E-state index is 12.8. The number of nitrogens with one attached hydrogen (secondary N) is 3. The average molecular weight is 595 g/mol. The van der Waals surface area contributed by atoms with E-state index in [1.165, 1.54) is 24.4 Å².